The van der Waals surface area contributed by atoms with Crippen LogP contribution in [-0.2, 0) is 16.6 Å². The molecular formula is C19H19Cl2NO2. The zero-order chi connectivity index (χ0) is 17.2. The van der Waals surface area contributed by atoms with Crippen molar-refractivity contribution in [3.63, 3.8) is 0 Å². The third-order valence-corrected chi connectivity index (χ3v) is 5.35. The lowest BCUT2D eigenvalue weighted by Crippen LogP contribution is -2.37. The summed E-state index contributed by atoms with van der Waals surface area (Å²) < 4.78 is 0. The second kappa shape index (κ2) is 7.14. The minimum atomic E-state index is -0.639. The Bertz CT molecular complexity index is 732. The van der Waals surface area contributed by atoms with Crippen molar-refractivity contribution in [3.8, 4) is 0 Å². The molecule has 1 amide bonds. The molecule has 0 unspecified atom stereocenters. The molecule has 24 heavy (non-hydrogen) atoms. The number of benzene rings is 2. The predicted octanol–water partition coefficient (Wildman–Crippen LogP) is 3.60. The Morgan fingerprint density at radius 3 is 2.50 bits per heavy atom. The lowest BCUT2D eigenvalue weighted by atomic mass is 9.92. The summed E-state index contributed by atoms with van der Waals surface area (Å²) >= 11 is 12.1. The van der Waals surface area contributed by atoms with E-state index >= 15 is 0 Å². The summed E-state index contributed by atoms with van der Waals surface area (Å²) in [5.74, 6) is -0.0880. The van der Waals surface area contributed by atoms with Crippen molar-refractivity contribution in [2.24, 2.45) is 5.92 Å². The first-order valence-corrected chi connectivity index (χ1v) is 8.72. The van der Waals surface area contributed by atoms with Gasteiger partial charge in [-0.15, -0.1) is 0 Å². The van der Waals surface area contributed by atoms with Gasteiger partial charge >= 0.3 is 0 Å². The number of hydrogen-bond donors (Lipinski definition) is 2. The fourth-order valence-electron chi connectivity index (χ4n) is 3.23. The molecule has 0 spiro atoms. The third-order valence-electron chi connectivity index (χ3n) is 4.73. The maximum Gasteiger partial charge on any atom is 0.231 e. The number of hydrogen-bond acceptors (Lipinski definition) is 2. The summed E-state index contributed by atoms with van der Waals surface area (Å²) in [6, 6.07) is 14.9. The first-order valence-electron chi connectivity index (χ1n) is 7.96. The Morgan fingerprint density at radius 1 is 1.17 bits per heavy atom. The molecule has 1 fully saturated rings. The maximum atomic E-state index is 12.8. The highest BCUT2D eigenvalue weighted by Gasteiger charge is 2.60. The average Bonchev–Trinajstić information content (AvgIpc) is 3.33. The van der Waals surface area contributed by atoms with E-state index in [-0.39, 0.29) is 18.4 Å². The van der Waals surface area contributed by atoms with Crippen LogP contribution in [0.15, 0.2) is 48.5 Å². The fraction of sp³-hybridized carbons (Fsp3) is 0.316. The number of amides is 1. The first kappa shape index (κ1) is 17.3. The maximum absolute atomic E-state index is 12.8. The van der Waals surface area contributed by atoms with E-state index in [1.54, 1.807) is 12.1 Å². The lowest BCUT2D eigenvalue weighted by Gasteiger charge is -2.18. The van der Waals surface area contributed by atoms with Crippen LogP contribution in [0.4, 0.5) is 0 Å². The van der Waals surface area contributed by atoms with Gasteiger partial charge in [0.2, 0.25) is 5.91 Å². The van der Waals surface area contributed by atoms with Crippen molar-refractivity contribution in [2.45, 2.75) is 18.3 Å². The van der Waals surface area contributed by atoms with Gasteiger partial charge in [0.05, 0.1) is 5.41 Å². The minimum absolute atomic E-state index is 0.000555. The van der Waals surface area contributed by atoms with Crippen molar-refractivity contribution in [1.29, 1.82) is 0 Å². The molecule has 1 aliphatic rings. The number of nitrogens with one attached hydrogen (secondary N) is 1. The Kier molecular flexibility index (Phi) is 5.14. The topological polar surface area (TPSA) is 49.3 Å². The van der Waals surface area contributed by atoms with E-state index in [1.165, 1.54) is 0 Å². The normalized spacial score (nSPS) is 22.2. The number of aliphatic hydroxyl groups is 1. The molecule has 2 aromatic rings. The summed E-state index contributed by atoms with van der Waals surface area (Å²) in [6.07, 6.45) is 1.33. The van der Waals surface area contributed by atoms with E-state index in [9.17, 15) is 9.90 Å². The zero-order valence-electron chi connectivity index (χ0n) is 13.1. The van der Waals surface area contributed by atoms with Crippen molar-refractivity contribution >= 4 is 29.1 Å². The molecule has 2 atom stereocenters. The van der Waals surface area contributed by atoms with Gasteiger partial charge in [-0.25, -0.2) is 0 Å². The van der Waals surface area contributed by atoms with Crippen molar-refractivity contribution in [3.05, 3.63) is 69.7 Å². The number of carbonyl (C=O) groups excluding carboxylic acids is 1. The molecular weight excluding hydrogens is 345 g/mol. The molecule has 2 aromatic carbocycles. The molecule has 0 aromatic heterocycles. The van der Waals surface area contributed by atoms with Crippen LogP contribution >= 0.6 is 23.2 Å². The Morgan fingerprint density at radius 2 is 1.88 bits per heavy atom. The molecule has 126 valence electrons. The second-order valence-electron chi connectivity index (χ2n) is 6.16. The molecule has 0 saturated heterocycles. The van der Waals surface area contributed by atoms with Crippen LogP contribution < -0.4 is 5.32 Å². The lowest BCUT2D eigenvalue weighted by molar-refractivity contribution is -0.124. The molecule has 1 aliphatic carbocycles. The Labute approximate surface area is 151 Å². The van der Waals surface area contributed by atoms with Crippen molar-refractivity contribution in [2.75, 3.05) is 13.2 Å². The van der Waals surface area contributed by atoms with Crippen molar-refractivity contribution in [1.82, 2.24) is 5.32 Å². The van der Waals surface area contributed by atoms with E-state index in [0.717, 1.165) is 11.1 Å². The van der Waals surface area contributed by atoms with Gasteiger partial charge in [-0.2, -0.15) is 0 Å². The average molecular weight is 364 g/mol. The van der Waals surface area contributed by atoms with Gasteiger partial charge in [-0.3, -0.25) is 4.79 Å². The smallest absolute Gasteiger partial charge is 0.231 e. The second-order valence-corrected chi connectivity index (χ2v) is 7.00. The van der Waals surface area contributed by atoms with Gasteiger partial charge < -0.3 is 10.4 Å². The highest BCUT2D eigenvalue weighted by atomic mass is 35.5. The van der Waals surface area contributed by atoms with Gasteiger partial charge in [0.25, 0.3) is 0 Å². The van der Waals surface area contributed by atoms with E-state index in [1.807, 2.05) is 36.4 Å². The molecule has 1 saturated carbocycles. The van der Waals surface area contributed by atoms with Gasteiger partial charge in [0.15, 0.2) is 0 Å². The molecule has 0 radical (unpaired) electrons. The predicted molar refractivity (Wildman–Crippen MR) is 96.5 cm³/mol. The Hall–Kier alpha value is -1.55. The number of aliphatic hydroxyl groups excluding tert-OH is 1. The molecule has 0 heterocycles. The standard InChI is InChI=1S/C19H19Cl2NO2/c20-16-7-5-14(6-8-16)19(11-15(19)12-23)18(24)22-10-9-13-3-1-2-4-17(13)21/h1-8,15,23H,9-12H2,(H,22,24)/t15-,19+/m0/s1. The third kappa shape index (κ3) is 3.30. The van der Waals surface area contributed by atoms with Gasteiger partial charge in [0.1, 0.15) is 0 Å². The molecule has 0 bridgehead atoms. The molecule has 3 rings (SSSR count). The quantitative estimate of drug-likeness (QED) is 0.823. The minimum Gasteiger partial charge on any atom is -0.396 e. The number of halogens is 2. The molecule has 3 nitrogen and oxygen atoms in total. The fourth-order valence-corrected chi connectivity index (χ4v) is 3.59. The summed E-state index contributed by atoms with van der Waals surface area (Å²) in [7, 11) is 0. The summed E-state index contributed by atoms with van der Waals surface area (Å²) in [5, 5.41) is 13.9. The summed E-state index contributed by atoms with van der Waals surface area (Å²) in [5.41, 5.74) is 1.27. The summed E-state index contributed by atoms with van der Waals surface area (Å²) in [6.45, 7) is 0.511. The van der Waals surface area contributed by atoms with Gasteiger partial charge in [-0.1, -0.05) is 53.5 Å². The van der Waals surface area contributed by atoms with E-state index in [4.69, 9.17) is 23.2 Å². The molecule has 2 N–H and O–H groups in total. The first-order chi connectivity index (χ1) is 11.6. The van der Waals surface area contributed by atoms with Crippen LogP contribution in [0.1, 0.15) is 17.5 Å². The molecule has 5 heteroatoms. The Balaban J connectivity index is 1.68. The van der Waals surface area contributed by atoms with Crippen LogP contribution in [0.2, 0.25) is 10.0 Å². The SMILES string of the molecule is O=C(NCCc1ccccc1Cl)[C@@]1(c2ccc(Cl)cc2)C[C@H]1CO. The van der Waals surface area contributed by atoms with Crippen LogP contribution in [-0.4, -0.2) is 24.2 Å². The van der Waals surface area contributed by atoms with E-state index in [2.05, 4.69) is 5.32 Å². The van der Waals surface area contributed by atoms with Gasteiger partial charge in [-0.05, 0) is 42.2 Å². The van der Waals surface area contributed by atoms with Crippen LogP contribution in [0.5, 0.6) is 0 Å². The summed E-state index contributed by atoms with van der Waals surface area (Å²) in [4.78, 5) is 12.8. The van der Waals surface area contributed by atoms with Crippen LogP contribution in [0.25, 0.3) is 0 Å². The monoisotopic (exact) mass is 363 g/mol. The van der Waals surface area contributed by atoms with Crippen molar-refractivity contribution < 1.29 is 9.90 Å². The van der Waals surface area contributed by atoms with Crippen LogP contribution in [0, 0.1) is 5.92 Å². The number of rotatable bonds is 6. The van der Waals surface area contributed by atoms with Gasteiger partial charge in [0, 0.05) is 29.1 Å². The van der Waals surface area contributed by atoms with E-state index in [0.29, 0.717) is 29.4 Å². The van der Waals surface area contributed by atoms with Crippen LogP contribution in [0.3, 0.4) is 0 Å². The largest absolute Gasteiger partial charge is 0.396 e. The molecule has 0 aliphatic heterocycles. The highest BCUT2D eigenvalue weighted by molar-refractivity contribution is 6.31. The van der Waals surface area contributed by atoms with E-state index < -0.39 is 5.41 Å². The number of carbonyl (C=O) groups is 1. The zero-order valence-corrected chi connectivity index (χ0v) is 14.6. The highest BCUT2D eigenvalue weighted by Crippen LogP contribution is 2.54.